The highest BCUT2D eigenvalue weighted by Gasteiger charge is 2.46. The van der Waals surface area contributed by atoms with Gasteiger partial charge in [-0.05, 0) is 72.9 Å². The van der Waals surface area contributed by atoms with E-state index < -0.39 is 61.1 Å². The van der Waals surface area contributed by atoms with Gasteiger partial charge in [-0.15, -0.1) is 0 Å². The van der Waals surface area contributed by atoms with Gasteiger partial charge in [-0.25, -0.2) is 9.59 Å². The molecule has 5 aromatic rings. The van der Waals surface area contributed by atoms with E-state index in [4.69, 9.17) is 47.1 Å². The Hall–Kier alpha value is -5.56. The molecule has 0 bridgehead atoms. The molecule has 2 aromatic heterocycles. The minimum Gasteiger partial charge on any atom is -0.497 e. The van der Waals surface area contributed by atoms with Crippen molar-refractivity contribution in [3.63, 3.8) is 0 Å². The Labute approximate surface area is 457 Å². The molecule has 0 aliphatic carbocycles. The minimum absolute atomic E-state index is 0.0170. The minimum atomic E-state index is -2.17. The van der Waals surface area contributed by atoms with Crippen molar-refractivity contribution in [2.45, 2.75) is 108 Å². The first kappa shape index (κ1) is 60.1. The standard InChI is InChI=1S/C57H80N6O14Si/c1-39-35-62(54(66)60-52(39)64)50-33-46(49(76-50)38-74-57(41-13-11-10-12-14-41,42-15-19-44(68-6)20-16-42)43-17-21-45(69-7)22-18-43)73-30-26-59-24-28-71-32-31-70-27-23-58-25-29-72-37-48-47(77-78(8,9)56(3,4)5)34-51(75-48)63-36-40(2)53(65)61-55(63)67/h10-22,35-36,46-51,58-59H,23-34,37-38H2,1-9H3,(H,60,64,66)(H,61,65,67)/t46-,47-,48+,49+,50+,51+/m0/s1. The van der Waals surface area contributed by atoms with Crippen LogP contribution in [0.3, 0.4) is 0 Å². The normalized spacial score (nSPS) is 19.9. The SMILES string of the molecule is COc1ccc(C(OC[C@H]2O[C@@H](n3cc(C)c(=O)[nH]c3=O)C[C@@H]2OCCNCCOCCOCCNCCOC[C@H]2O[C@@H](n3cc(C)c(=O)[nH]c3=O)C[C@@H]2O[Si](C)(C)C(C)(C)C)(c2ccccc2)c2ccc(OC)cc2)cc1. The van der Waals surface area contributed by atoms with E-state index in [1.54, 1.807) is 34.3 Å². The molecule has 0 unspecified atom stereocenters. The zero-order chi connectivity index (χ0) is 55.9. The molecule has 6 atom stereocenters. The first-order valence-electron chi connectivity index (χ1n) is 26.8. The van der Waals surface area contributed by atoms with E-state index in [0.29, 0.717) is 108 Å². The maximum Gasteiger partial charge on any atom is 0.330 e. The predicted molar refractivity (Wildman–Crippen MR) is 297 cm³/mol. The van der Waals surface area contributed by atoms with E-state index in [9.17, 15) is 19.2 Å². The quantitative estimate of drug-likeness (QED) is 0.0260. The average Bonchev–Trinajstić information content (AvgIpc) is 4.07. The Bertz CT molecular complexity index is 2840. The van der Waals surface area contributed by atoms with Crippen LogP contribution in [0.2, 0.25) is 18.1 Å². The molecule has 0 spiro atoms. The van der Waals surface area contributed by atoms with Gasteiger partial charge in [0.1, 0.15) is 41.8 Å². The van der Waals surface area contributed by atoms with E-state index in [1.165, 1.54) is 15.3 Å². The summed E-state index contributed by atoms with van der Waals surface area (Å²) in [7, 11) is 1.09. The summed E-state index contributed by atoms with van der Waals surface area (Å²) in [4.78, 5) is 54.9. The predicted octanol–water partition coefficient (Wildman–Crippen LogP) is 5.31. The molecular formula is C57H80N6O14Si. The number of H-pyrrole nitrogens is 2. The van der Waals surface area contributed by atoms with Crippen molar-refractivity contribution in [2.75, 3.05) is 93.3 Å². The van der Waals surface area contributed by atoms with Crippen LogP contribution in [0.1, 0.15) is 73.9 Å². The molecule has 2 fully saturated rings. The Morgan fingerprint density at radius 2 is 1.04 bits per heavy atom. The van der Waals surface area contributed by atoms with Crippen LogP contribution < -0.4 is 42.6 Å². The summed E-state index contributed by atoms with van der Waals surface area (Å²) in [5.74, 6) is 1.41. The molecule has 4 heterocycles. The van der Waals surface area contributed by atoms with Crippen LogP contribution in [0.15, 0.2) is 110 Å². The molecule has 3 aromatic carbocycles. The fraction of sp³-hybridized carbons (Fsp3) is 0.544. The third kappa shape index (κ3) is 15.4. The molecular weight excluding hydrogens is 1020 g/mol. The third-order valence-corrected chi connectivity index (χ3v) is 19.2. The molecule has 7 rings (SSSR count). The Balaban J connectivity index is 0.836. The smallest absolute Gasteiger partial charge is 0.330 e. The van der Waals surface area contributed by atoms with E-state index in [2.05, 4.69) is 54.5 Å². The van der Waals surface area contributed by atoms with Crippen LogP contribution >= 0.6 is 0 Å². The molecule has 2 aliphatic rings. The van der Waals surface area contributed by atoms with Crippen LogP contribution in [0.25, 0.3) is 0 Å². The van der Waals surface area contributed by atoms with Crippen LogP contribution in [0.4, 0.5) is 0 Å². The number of methoxy groups -OCH3 is 2. The lowest BCUT2D eigenvalue weighted by Gasteiger charge is -2.39. The topological polar surface area (TPSA) is 226 Å². The zero-order valence-corrected chi connectivity index (χ0v) is 47.6. The second-order valence-electron chi connectivity index (χ2n) is 21.1. The molecule has 2 saturated heterocycles. The van der Waals surface area contributed by atoms with Gasteiger partial charge >= 0.3 is 11.4 Å². The number of ether oxygens (including phenoxy) is 9. The van der Waals surface area contributed by atoms with Gasteiger partial charge in [-0.3, -0.25) is 28.7 Å². The molecule has 0 saturated carbocycles. The van der Waals surface area contributed by atoms with Crippen LogP contribution in [0.5, 0.6) is 11.5 Å². The van der Waals surface area contributed by atoms with Gasteiger partial charge in [0.25, 0.3) is 11.1 Å². The highest BCUT2D eigenvalue weighted by atomic mass is 28.4. The fourth-order valence-corrected chi connectivity index (χ4v) is 10.6. The monoisotopic (exact) mass is 1100 g/mol. The van der Waals surface area contributed by atoms with Crippen LogP contribution in [0, 0.1) is 13.8 Å². The summed E-state index contributed by atoms with van der Waals surface area (Å²) in [5, 5.41) is 6.70. The summed E-state index contributed by atoms with van der Waals surface area (Å²) in [6.45, 7) is 19.7. The Morgan fingerprint density at radius 3 is 1.53 bits per heavy atom. The largest absolute Gasteiger partial charge is 0.497 e. The van der Waals surface area contributed by atoms with Crippen molar-refractivity contribution in [2.24, 2.45) is 0 Å². The number of aromatic nitrogens is 4. The summed E-state index contributed by atoms with van der Waals surface area (Å²) < 4.78 is 65.0. The van der Waals surface area contributed by atoms with E-state index in [0.717, 1.165) is 16.7 Å². The van der Waals surface area contributed by atoms with Crippen molar-refractivity contribution < 1.29 is 47.1 Å². The number of hydrogen-bond acceptors (Lipinski definition) is 16. The maximum absolute atomic E-state index is 13.1. The van der Waals surface area contributed by atoms with E-state index in [-0.39, 0.29) is 23.9 Å². The van der Waals surface area contributed by atoms with Gasteiger partial charge in [0, 0.05) is 62.5 Å². The van der Waals surface area contributed by atoms with Gasteiger partial charge in [0.05, 0.1) is 79.3 Å². The van der Waals surface area contributed by atoms with Gasteiger partial charge < -0.3 is 57.7 Å². The Morgan fingerprint density at radius 1 is 0.590 bits per heavy atom. The first-order valence-corrected chi connectivity index (χ1v) is 29.7. The highest BCUT2D eigenvalue weighted by molar-refractivity contribution is 6.74. The lowest BCUT2D eigenvalue weighted by molar-refractivity contribution is -0.104. The second-order valence-corrected chi connectivity index (χ2v) is 25.9. The number of hydrogen-bond donors (Lipinski definition) is 4. The first-order chi connectivity index (χ1) is 37.4. The van der Waals surface area contributed by atoms with Crippen molar-refractivity contribution in [1.29, 1.82) is 0 Å². The van der Waals surface area contributed by atoms with Gasteiger partial charge in [-0.2, -0.15) is 0 Å². The van der Waals surface area contributed by atoms with Crippen molar-refractivity contribution in [3.05, 3.63) is 161 Å². The van der Waals surface area contributed by atoms with Crippen molar-refractivity contribution >= 4 is 8.32 Å². The maximum atomic E-state index is 13.1. The summed E-state index contributed by atoms with van der Waals surface area (Å²) >= 11 is 0. The summed E-state index contributed by atoms with van der Waals surface area (Å²) in [5.41, 5.74) is 0.377. The third-order valence-electron chi connectivity index (χ3n) is 14.7. The summed E-state index contributed by atoms with van der Waals surface area (Å²) in [6.07, 6.45) is 0.851. The molecule has 4 N–H and O–H groups in total. The van der Waals surface area contributed by atoms with Gasteiger partial charge in [-0.1, -0.05) is 75.4 Å². The number of benzene rings is 3. The molecule has 0 radical (unpaired) electrons. The van der Waals surface area contributed by atoms with Crippen molar-refractivity contribution in [3.8, 4) is 11.5 Å². The number of aryl methyl sites for hydroxylation is 2. The lowest BCUT2D eigenvalue weighted by atomic mass is 9.80. The number of aromatic amines is 2. The van der Waals surface area contributed by atoms with E-state index in [1.807, 2.05) is 78.9 Å². The molecule has 21 heteroatoms. The summed E-state index contributed by atoms with van der Waals surface area (Å²) in [6, 6.07) is 25.6. The van der Waals surface area contributed by atoms with Gasteiger partial charge in [0.15, 0.2) is 8.32 Å². The van der Waals surface area contributed by atoms with E-state index >= 15 is 0 Å². The van der Waals surface area contributed by atoms with Crippen LogP contribution in [-0.2, 0) is 43.2 Å². The average molecular weight is 1100 g/mol. The van der Waals surface area contributed by atoms with Crippen molar-refractivity contribution in [1.82, 2.24) is 29.7 Å². The second kappa shape index (κ2) is 28.0. The molecule has 426 valence electrons. The molecule has 20 nitrogen and oxygen atoms in total. The molecule has 78 heavy (non-hydrogen) atoms. The Kier molecular flexibility index (Phi) is 21.6. The number of nitrogens with one attached hydrogen (secondary N) is 4. The van der Waals surface area contributed by atoms with Gasteiger partial charge in [0.2, 0.25) is 0 Å². The zero-order valence-electron chi connectivity index (χ0n) is 46.6. The number of rotatable bonds is 30. The van der Waals surface area contributed by atoms with Crippen LogP contribution in [-0.4, -0.2) is 145 Å². The lowest BCUT2D eigenvalue weighted by Crippen LogP contribution is -2.46. The molecule has 2 aliphatic heterocycles. The fourth-order valence-electron chi connectivity index (χ4n) is 9.27. The number of nitrogens with zero attached hydrogens (tertiary/aromatic N) is 2. The molecule has 0 amide bonds. The highest BCUT2D eigenvalue weighted by Crippen LogP contribution is 2.44.